The van der Waals surface area contributed by atoms with Crippen molar-refractivity contribution in [3.8, 4) is 11.5 Å². The van der Waals surface area contributed by atoms with Gasteiger partial charge >= 0.3 is 0 Å². The SMILES string of the molecule is COc1cc(C=NNC(=O)CC(=O)Nc2ccccc2C)cc(Br)c1O. The number of phenols is 1. The van der Waals surface area contributed by atoms with Crippen LogP contribution in [0.1, 0.15) is 17.5 Å². The van der Waals surface area contributed by atoms with Crippen molar-refractivity contribution in [1.29, 1.82) is 0 Å². The fraction of sp³-hybridized carbons (Fsp3) is 0.167. The number of methoxy groups -OCH3 is 1. The first-order valence-electron chi connectivity index (χ1n) is 7.64. The van der Waals surface area contributed by atoms with Crippen molar-refractivity contribution in [3.05, 3.63) is 52.0 Å². The Balaban J connectivity index is 1.90. The second-order valence-electron chi connectivity index (χ2n) is 5.39. The number of nitrogens with one attached hydrogen (secondary N) is 2. The number of aryl methyl sites for hydroxylation is 1. The minimum absolute atomic E-state index is 0.0263. The fourth-order valence-electron chi connectivity index (χ4n) is 2.10. The zero-order chi connectivity index (χ0) is 19.1. The van der Waals surface area contributed by atoms with Crippen LogP contribution >= 0.6 is 15.9 Å². The van der Waals surface area contributed by atoms with Gasteiger partial charge in [0.1, 0.15) is 6.42 Å². The standard InChI is InChI=1S/C18H18BrN3O4/c1-11-5-3-4-6-14(11)21-16(23)9-17(24)22-20-10-12-7-13(19)18(25)15(8-12)26-2/h3-8,10,25H,9H2,1-2H3,(H,21,23)(H,22,24). The average molecular weight is 420 g/mol. The van der Waals surface area contributed by atoms with Crippen LogP contribution < -0.4 is 15.5 Å². The van der Waals surface area contributed by atoms with E-state index in [4.69, 9.17) is 4.74 Å². The molecule has 3 N–H and O–H groups in total. The lowest BCUT2D eigenvalue weighted by atomic mass is 10.2. The number of phenolic OH excluding ortho intramolecular Hbond substituents is 1. The maximum atomic E-state index is 11.9. The first-order chi connectivity index (χ1) is 12.4. The molecule has 2 amide bonds. The smallest absolute Gasteiger partial charge is 0.249 e. The van der Waals surface area contributed by atoms with Crippen molar-refractivity contribution in [1.82, 2.24) is 5.43 Å². The van der Waals surface area contributed by atoms with Crippen molar-refractivity contribution in [2.75, 3.05) is 12.4 Å². The summed E-state index contributed by atoms with van der Waals surface area (Å²) in [6.45, 7) is 1.87. The number of nitrogens with zero attached hydrogens (tertiary/aromatic N) is 1. The second kappa shape index (κ2) is 9.00. The van der Waals surface area contributed by atoms with Crippen LogP contribution in [0.2, 0.25) is 0 Å². The van der Waals surface area contributed by atoms with Gasteiger partial charge in [0, 0.05) is 5.69 Å². The van der Waals surface area contributed by atoms with Crippen molar-refractivity contribution in [3.63, 3.8) is 0 Å². The highest BCUT2D eigenvalue weighted by atomic mass is 79.9. The number of aromatic hydroxyl groups is 1. The molecule has 2 aromatic carbocycles. The van der Waals surface area contributed by atoms with E-state index in [1.54, 1.807) is 24.3 Å². The van der Waals surface area contributed by atoms with E-state index in [-0.39, 0.29) is 17.9 Å². The molecule has 8 heteroatoms. The van der Waals surface area contributed by atoms with Crippen molar-refractivity contribution in [2.45, 2.75) is 13.3 Å². The Labute approximate surface area is 159 Å². The summed E-state index contributed by atoms with van der Waals surface area (Å²) in [5.74, 6) is -0.732. The third-order valence-corrected chi connectivity index (χ3v) is 4.02. The maximum Gasteiger partial charge on any atom is 0.249 e. The Morgan fingerprint density at radius 2 is 2.00 bits per heavy atom. The lowest BCUT2D eigenvalue weighted by Gasteiger charge is -2.07. The Kier molecular flexibility index (Phi) is 6.74. The molecular formula is C18H18BrN3O4. The van der Waals surface area contributed by atoms with E-state index < -0.39 is 11.8 Å². The number of halogens is 1. The Hall–Kier alpha value is -2.87. The molecule has 0 radical (unpaired) electrons. The number of hydrogen-bond acceptors (Lipinski definition) is 5. The van der Waals surface area contributed by atoms with Gasteiger partial charge in [0.2, 0.25) is 11.8 Å². The summed E-state index contributed by atoms with van der Waals surface area (Å²) < 4.78 is 5.46. The number of para-hydroxylation sites is 1. The average Bonchev–Trinajstić information content (AvgIpc) is 2.59. The van der Waals surface area contributed by atoms with Gasteiger partial charge in [0.25, 0.3) is 0 Å². The fourth-order valence-corrected chi connectivity index (χ4v) is 2.56. The molecule has 2 rings (SSSR count). The molecule has 0 aliphatic carbocycles. The van der Waals surface area contributed by atoms with Gasteiger partial charge in [-0.3, -0.25) is 9.59 Å². The number of hydrazone groups is 1. The van der Waals surface area contributed by atoms with Gasteiger partial charge in [0.15, 0.2) is 11.5 Å². The zero-order valence-electron chi connectivity index (χ0n) is 14.2. The van der Waals surface area contributed by atoms with Crippen LogP contribution in [0, 0.1) is 6.92 Å². The van der Waals surface area contributed by atoms with Crippen LogP contribution in [-0.2, 0) is 9.59 Å². The van der Waals surface area contributed by atoms with Crippen LogP contribution in [0.3, 0.4) is 0 Å². The van der Waals surface area contributed by atoms with Crippen LogP contribution in [0.15, 0.2) is 46.0 Å². The van der Waals surface area contributed by atoms with Gasteiger partial charge < -0.3 is 15.2 Å². The highest BCUT2D eigenvalue weighted by Crippen LogP contribution is 2.34. The molecule has 7 nitrogen and oxygen atoms in total. The molecule has 0 aliphatic heterocycles. The first kappa shape index (κ1) is 19.5. The number of anilines is 1. The Morgan fingerprint density at radius 1 is 1.27 bits per heavy atom. The molecule has 0 saturated carbocycles. The number of hydrogen-bond donors (Lipinski definition) is 3. The van der Waals surface area contributed by atoms with Gasteiger partial charge in [-0.1, -0.05) is 18.2 Å². The normalized spacial score (nSPS) is 10.6. The molecule has 0 atom stereocenters. The van der Waals surface area contributed by atoms with Gasteiger partial charge in [-0.2, -0.15) is 5.10 Å². The number of rotatable bonds is 6. The summed E-state index contributed by atoms with van der Waals surface area (Å²) in [7, 11) is 1.43. The summed E-state index contributed by atoms with van der Waals surface area (Å²) >= 11 is 3.20. The highest BCUT2D eigenvalue weighted by Gasteiger charge is 2.10. The third kappa shape index (κ3) is 5.32. The molecule has 26 heavy (non-hydrogen) atoms. The lowest BCUT2D eigenvalue weighted by molar-refractivity contribution is -0.126. The second-order valence-corrected chi connectivity index (χ2v) is 6.24. The summed E-state index contributed by atoms with van der Waals surface area (Å²) in [6, 6.07) is 10.5. The molecule has 0 aliphatic rings. The van der Waals surface area contributed by atoms with Gasteiger partial charge in [-0.15, -0.1) is 0 Å². The predicted octanol–water partition coefficient (Wildman–Crippen LogP) is 2.95. The maximum absolute atomic E-state index is 11.9. The van der Waals surface area contributed by atoms with Gasteiger partial charge in [-0.25, -0.2) is 5.43 Å². The molecule has 0 saturated heterocycles. The number of amides is 2. The number of carbonyl (C=O) groups is 2. The number of carbonyl (C=O) groups excluding carboxylic acids is 2. The summed E-state index contributed by atoms with van der Waals surface area (Å²) in [5, 5.41) is 16.2. The molecule has 0 fully saturated rings. The molecule has 136 valence electrons. The molecule has 0 aromatic heterocycles. The molecule has 0 heterocycles. The first-order valence-corrected chi connectivity index (χ1v) is 8.44. The zero-order valence-corrected chi connectivity index (χ0v) is 15.8. The summed E-state index contributed by atoms with van der Waals surface area (Å²) in [4.78, 5) is 23.7. The Bertz CT molecular complexity index is 852. The number of ether oxygens (including phenoxy) is 1. The van der Waals surface area contributed by atoms with Crippen LogP contribution in [-0.4, -0.2) is 30.2 Å². The third-order valence-electron chi connectivity index (χ3n) is 3.41. The van der Waals surface area contributed by atoms with E-state index in [1.807, 2.05) is 19.1 Å². The van der Waals surface area contributed by atoms with Gasteiger partial charge in [-0.05, 0) is 52.2 Å². The molecular weight excluding hydrogens is 402 g/mol. The van der Waals surface area contributed by atoms with E-state index >= 15 is 0 Å². The molecule has 2 aromatic rings. The summed E-state index contributed by atoms with van der Waals surface area (Å²) in [5.41, 5.74) is 4.45. The minimum Gasteiger partial charge on any atom is -0.503 e. The monoisotopic (exact) mass is 419 g/mol. The number of benzene rings is 2. The molecule has 0 bridgehead atoms. The highest BCUT2D eigenvalue weighted by molar-refractivity contribution is 9.10. The largest absolute Gasteiger partial charge is 0.503 e. The van der Waals surface area contributed by atoms with Gasteiger partial charge in [0.05, 0.1) is 17.8 Å². The van der Waals surface area contributed by atoms with Crippen LogP contribution in [0.5, 0.6) is 11.5 Å². The Morgan fingerprint density at radius 3 is 2.69 bits per heavy atom. The van der Waals surface area contributed by atoms with E-state index in [0.29, 0.717) is 15.7 Å². The van der Waals surface area contributed by atoms with E-state index in [1.165, 1.54) is 13.3 Å². The minimum atomic E-state index is -0.544. The van der Waals surface area contributed by atoms with E-state index in [9.17, 15) is 14.7 Å². The van der Waals surface area contributed by atoms with Crippen molar-refractivity contribution >= 4 is 39.6 Å². The van der Waals surface area contributed by atoms with Crippen molar-refractivity contribution in [2.24, 2.45) is 5.10 Å². The van der Waals surface area contributed by atoms with Crippen LogP contribution in [0.4, 0.5) is 5.69 Å². The summed E-state index contributed by atoms with van der Waals surface area (Å²) in [6.07, 6.45) is 1.03. The van der Waals surface area contributed by atoms with Crippen LogP contribution in [0.25, 0.3) is 0 Å². The quantitative estimate of drug-likeness (QED) is 0.380. The molecule has 0 spiro atoms. The van der Waals surface area contributed by atoms with E-state index in [2.05, 4.69) is 31.8 Å². The van der Waals surface area contributed by atoms with Crippen molar-refractivity contribution < 1.29 is 19.4 Å². The molecule has 0 unspecified atom stereocenters. The lowest BCUT2D eigenvalue weighted by Crippen LogP contribution is -2.24. The topological polar surface area (TPSA) is 100 Å². The van der Waals surface area contributed by atoms with E-state index in [0.717, 1.165) is 5.56 Å². The predicted molar refractivity (Wildman–Crippen MR) is 103 cm³/mol.